The highest BCUT2D eigenvalue weighted by Gasteiger charge is 2.30. The van der Waals surface area contributed by atoms with Gasteiger partial charge in [-0.2, -0.15) is 0 Å². The predicted octanol–water partition coefficient (Wildman–Crippen LogP) is 25.2. The van der Waals surface area contributed by atoms with Gasteiger partial charge in [0.15, 0.2) is 12.2 Å². The molecule has 0 aliphatic rings. The Morgan fingerprint density at radius 2 is 0.408 bits per heavy atom. The van der Waals surface area contributed by atoms with Gasteiger partial charge in [0, 0.05) is 25.7 Å². The number of ether oxygens (including phenoxy) is 4. The van der Waals surface area contributed by atoms with Crippen LogP contribution in [0, 0.1) is 23.7 Å². The van der Waals surface area contributed by atoms with Crippen LogP contribution in [-0.4, -0.2) is 96.7 Å². The number of carbonyl (C=O) groups excluding carboxylic acids is 4. The van der Waals surface area contributed by atoms with Gasteiger partial charge < -0.3 is 33.8 Å². The topological polar surface area (TPSA) is 237 Å². The summed E-state index contributed by atoms with van der Waals surface area (Å²) >= 11 is 0. The number of hydrogen-bond acceptors (Lipinski definition) is 15. The van der Waals surface area contributed by atoms with Crippen LogP contribution < -0.4 is 0 Å². The van der Waals surface area contributed by atoms with Crippen LogP contribution in [-0.2, 0) is 65.4 Å². The van der Waals surface area contributed by atoms with E-state index in [-0.39, 0.29) is 25.7 Å². The Labute approximate surface area is 632 Å². The molecule has 3 N–H and O–H groups in total. The molecule has 0 bridgehead atoms. The number of esters is 4. The predicted molar refractivity (Wildman–Crippen MR) is 423 cm³/mol. The van der Waals surface area contributed by atoms with Crippen molar-refractivity contribution in [1.29, 1.82) is 0 Å². The molecule has 612 valence electrons. The highest BCUT2D eigenvalue weighted by atomic mass is 31.2. The van der Waals surface area contributed by atoms with Gasteiger partial charge in [-0.15, -0.1) is 0 Å². The summed E-state index contributed by atoms with van der Waals surface area (Å²) in [5.41, 5.74) is 0. The van der Waals surface area contributed by atoms with Crippen molar-refractivity contribution in [2.24, 2.45) is 23.7 Å². The van der Waals surface area contributed by atoms with Crippen molar-refractivity contribution in [3.63, 3.8) is 0 Å². The number of carbonyl (C=O) groups is 4. The molecule has 0 aromatic carbocycles. The Hall–Kier alpha value is -1.94. The molecule has 0 aliphatic carbocycles. The van der Waals surface area contributed by atoms with Crippen LogP contribution in [0.15, 0.2) is 0 Å². The second-order valence-electron chi connectivity index (χ2n) is 32.1. The van der Waals surface area contributed by atoms with Crippen molar-refractivity contribution in [1.82, 2.24) is 0 Å². The van der Waals surface area contributed by atoms with Crippen molar-refractivity contribution in [2.45, 2.75) is 453 Å². The molecule has 0 rings (SSSR count). The Balaban J connectivity index is 5.13. The summed E-state index contributed by atoms with van der Waals surface area (Å²) in [6.07, 6.45) is 61.4. The maximum atomic E-state index is 13.1. The number of aliphatic hydroxyl groups excluding tert-OH is 1. The van der Waals surface area contributed by atoms with Gasteiger partial charge in [0.1, 0.15) is 19.3 Å². The van der Waals surface area contributed by atoms with Crippen LogP contribution in [0.4, 0.5) is 0 Å². The molecular weight excluding hydrogens is 1340 g/mol. The van der Waals surface area contributed by atoms with E-state index in [9.17, 15) is 43.2 Å². The normalized spacial score (nSPS) is 14.0. The highest BCUT2D eigenvalue weighted by Crippen LogP contribution is 2.45. The number of hydrogen-bond donors (Lipinski definition) is 3. The van der Waals surface area contributed by atoms with Crippen molar-refractivity contribution < 1.29 is 80.2 Å². The Morgan fingerprint density at radius 3 is 0.602 bits per heavy atom. The van der Waals surface area contributed by atoms with E-state index in [1.165, 1.54) is 231 Å². The Bertz CT molecular complexity index is 2010. The number of unbranched alkanes of at least 4 members (excludes halogenated alkanes) is 47. The van der Waals surface area contributed by atoms with Gasteiger partial charge in [-0.3, -0.25) is 37.3 Å². The van der Waals surface area contributed by atoms with Crippen LogP contribution >= 0.6 is 15.6 Å². The van der Waals surface area contributed by atoms with E-state index in [0.29, 0.717) is 37.5 Å². The molecule has 17 nitrogen and oxygen atoms in total. The zero-order chi connectivity index (χ0) is 76.0. The molecule has 0 heterocycles. The average molecular weight is 1510 g/mol. The first kappa shape index (κ1) is 101. The third-order valence-corrected chi connectivity index (χ3v) is 21.5. The summed E-state index contributed by atoms with van der Waals surface area (Å²) in [6, 6.07) is 0. The SMILES string of the molecule is CC(C)CCCCCCCCCCCCCCCCCCCCC(=O)OC[C@H](COP(=O)(O)OCC(O)COP(=O)(O)OC[C@@H](COC(=O)CCCCCCCCCC(C)C)OC(=O)CCCCCCCCCCCCCCCCCCCCC(C)C)OC(=O)CCCCCCCCCCC(C)C. The molecule has 0 saturated heterocycles. The minimum Gasteiger partial charge on any atom is -0.462 e. The summed E-state index contributed by atoms with van der Waals surface area (Å²) in [7, 11) is -9.92. The number of phosphoric ester groups is 2. The fourth-order valence-electron chi connectivity index (χ4n) is 13.0. The molecule has 103 heavy (non-hydrogen) atoms. The lowest BCUT2D eigenvalue weighted by molar-refractivity contribution is -0.161. The van der Waals surface area contributed by atoms with Crippen LogP contribution in [0.25, 0.3) is 0 Å². The summed E-state index contributed by atoms with van der Waals surface area (Å²) in [4.78, 5) is 73.0. The lowest BCUT2D eigenvalue weighted by Crippen LogP contribution is -2.30. The Morgan fingerprint density at radius 1 is 0.243 bits per heavy atom. The van der Waals surface area contributed by atoms with Crippen molar-refractivity contribution >= 4 is 39.5 Å². The van der Waals surface area contributed by atoms with Crippen LogP contribution in [0.2, 0.25) is 0 Å². The first-order valence-electron chi connectivity index (χ1n) is 43.2. The van der Waals surface area contributed by atoms with Gasteiger partial charge in [-0.25, -0.2) is 9.13 Å². The highest BCUT2D eigenvalue weighted by molar-refractivity contribution is 7.47. The molecule has 3 unspecified atom stereocenters. The molecule has 0 saturated carbocycles. The molecule has 5 atom stereocenters. The third kappa shape index (κ3) is 78.0. The summed E-state index contributed by atoms with van der Waals surface area (Å²) in [5, 5.41) is 10.6. The lowest BCUT2D eigenvalue weighted by atomic mass is 10.0. The van der Waals surface area contributed by atoms with Crippen LogP contribution in [0.3, 0.4) is 0 Å². The van der Waals surface area contributed by atoms with Gasteiger partial charge in [0.05, 0.1) is 26.4 Å². The van der Waals surface area contributed by atoms with E-state index in [1.54, 1.807) is 0 Å². The minimum atomic E-state index is -4.96. The maximum Gasteiger partial charge on any atom is 0.472 e. The minimum absolute atomic E-state index is 0.105. The first-order chi connectivity index (χ1) is 49.6. The number of rotatable bonds is 81. The van der Waals surface area contributed by atoms with Gasteiger partial charge >= 0.3 is 39.5 Å². The van der Waals surface area contributed by atoms with Crippen molar-refractivity contribution in [3.8, 4) is 0 Å². The lowest BCUT2D eigenvalue weighted by Gasteiger charge is -2.21. The third-order valence-electron chi connectivity index (χ3n) is 19.6. The second kappa shape index (κ2) is 72.9. The average Bonchev–Trinajstić information content (AvgIpc) is 0.923. The zero-order valence-corrected chi connectivity index (χ0v) is 69.7. The summed E-state index contributed by atoms with van der Waals surface area (Å²) in [5.74, 6) is 0.952. The van der Waals surface area contributed by atoms with E-state index in [4.69, 9.17) is 37.0 Å². The number of aliphatic hydroxyl groups is 1. The van der Waals surface area contributed by atoms with E-state index in [0.717, 1.165) is 108 Å². The van der Waals surface area contributed by atoms with Crippen molar-refractivity contribution in [2.75, 3.05) is 39.6 Å². The quantitative estimate of drug-likeness (QED) is 0.0222. The molecule has 0 spiro atoms. The van der Waals surface area contributed by atoms with Crippen LogP contribution in [0.1, 0.15) is 434 Å². The molecule has 0 aromatic rings. The monoisotopic (exact) mass is 1510 g/mol. The number of phosphoric acid groups is 2. The summed E-state index contributed by atoms with van der Waals surface area (Å²) in [6.45, 7) is 14.2. The van der Waals surface area contributed by atoms with E-state index in [1.807, 2.05) is 0 Å². The standard InChI is InChI=1S/C84H164O17P2/c1-74(2)60-52-44-36-29-25-21-17-13-9-11-15-19-23-27-31-40-48-56-64-81(86)94-70-79(101-84(89)67-59-51-42-34-33-38-46-54-62-76(5)6)72-98-102(90,91)96-68-78(85)69-97-103(92,93)99-73-80(71-95-82(87)65-57-49-43-35-39-47-55-63-77(7)8)100-83(88)66-58-50-41-32-28-24-20-16-12-10-14-18-22-26-30-37-45-53-61-75(3)4/h74-80,85H,9-73H2,1-8H3,(H,90,91)(H,92,93)/t78?,79-,80-/m1/s1. The zero-order valence-electron chi connectivity index (χ0n) is 68.0. The fourth-order valence-corrected chi connectivity index (χ4v) is 14.5. The first-order valence-corrected chi connectivity index (χ1v) is 46.2. The Kier molecular flexibility index (Phi) is 71.5. The van der Waals surface area contributed by atoms with E-state index >= 15 is 0 Å². The van der Waals surface area contributed by atoms with E-state index < -0.39 is 97.5 Å². The van der Waals surface area contributed by atoms with Gasteiger partial charge in [-0.1, -0.05) is 383 Å². The second-order valence-corrected chi connectivity index (χ2v) is 35.0. The molecule has 0 fully saturated rings. The van der Waals surface area contributed by atoms with Crippen LogP contribution in [0.5, 0.6) is 0 Å². The van der Waals surface area contributed by atoms with Gasteiger partial charge in [0.25, 0.3) is 0 Å². The molecule has 0 amide bonds. The molecule has 0 radical (unpaired) electrons. The van der Waals surface area contributed by atoms with Gasteiger partial charge in [-0.05, 0) is 49.4 Å². The van der Waals surface area contributed by atoms with Crippen molar-refractivity contribution in [3.05, 3.63) is 0 Å². The maximum absolute atomic E-state index is 13.1. The molecule has 0 aliphatic heterocycles. The molecule has 0 aromatic heterocycles. The van der Waals surface area contributed by atoms with E-state index in [2.05, 4.69) is 55.4 Å². The smallest absolute Gasteiger partial charge is 0.462 e. The fraction of sp³-hybridized carbons (Fsp3) is 0.952. The molecular formula is C84H164O17P2. The van der Waals surface area contributed by atoms with Gasteiger partial charge in [0.2, 0.25) is 0 Å². The largest absolute Gasteiger partial charge is 0.472 e. The molecule has 19 heteroatoms. The summed E-state index contributed by atoms with van der Waals surface area (Å²) < 4.78 is 68.7.